The van der Waals surface area contributed by atoms with Gasteiger partial charge in [0, 0.05) is 0 Å². The van der Waals surface area contributed by atoms with Gasteiger partial charge in [-0.3, -0.25) is 9.48 Å². The van der Waals surface area contributed by atoms with Crippen molar-refractivity contribution in [3.8, 4) is 0 Å². The molecule has 7 heteroatoms. The van der Waals surface area contributed by atoms with Crippen LogP contribution in [0, 0.1) is 0 Å². The molecule has 0 unspecified atom stereocenters. The van der Waals surface area contributed by atoms with Crippen molar-refractivity contribution >= 4 is 13.6 Å². The normalized spacial score (nSPS) is 34.0. The van der Waals surface area contributed by atoms with E-state index in [2.05, 4.69) is 43.5 Å². The second-order valence-corrected chi connectivity index (χ2v) is 6.06. The molecule has 0 radical (unpaired) electrons. The van der Waals surface area contributed by atoms with Crippen molar-refractivity contribution < 1.29 is 21.8 Å². The van der Waals surface area contributed by atoms with E-state index in [0.29, 0.717) is 0 Å². The fourth-order valence-corrected chi connectivity index (χ4v) is 3.04. The van der Waals surface area contributed by atoms with Gasteiger partial charge < -0.3 is 17.3 Å². The van der Waals surface area contributed by atoms with Crippen molar-refractivity contribution in [2.45, 2.75) is 77.5 Å². The van der Waals surface area contributed by atoms with Gasteiger partial charge in [-0.2, -0.15) is 0 Å². The summed E-state index contributed by atoms with van der Waals surface area (Å²) in [7, 11) is -6.00. The van der Waals surface area contributed by atoms with Crippen molar-refractivity contribution in [1.82, 2.24) is 4.90 Å². The molecule has 20 heavy (non-hydrogen) atoms. The van der Waals surface area contributed by atoms with E-state index in [1.54, 1.807) is 0 Å². The summed E-state index contributed by atoms with van der Waals surface area (Å²) in [4.78, 5) is 2.57. The largest absolute Gasteiger partial charge is 0.673 e. The number of rotatable bonds is 1. The van der Waals surface area contributed by atoms with Crippen molar-refractivity contribution in [3.05, 3.63) is 0 Å². The summed E-state index contributed by atoms with van der Waals surface area (Å²) in [5, 5.41) is 0. The van der Waals surface area contributed by atoms with Crippen LogP contribution in [-0.2, 0) is 0 Å². The molecular formula is C13H25BF4N2. The van der Waals surface area contributed by atoms with E-state index in [-0.39, 0.29) is 0 Å². The standard InChI is InChI=1S/C13H25N2.BF4/c1-10-5-6-11(2)14(10)9-15-12(3)7-8-13(15)4;2-1(3,4)5/h9-13H,5-8H2,1-4H3;/q+1;-1/t10-,11-,12-,13-;/m1./s1. The predicted molar refractivity (Wildman–Crippen MR) is 74.7 cm³/mol. The molecule has 0 N–H and O–H groups in total. The Bertz CT molecular complexity index is 318. The molecule has 2 rings (SSSR count). The van der Waals surface area contributed by atoms with E-state index < -0.39 is 7.25 Å². The maximum absolute atomic E-state index is 9.75. The molecule has 2 fully saturated rings. The Kier molecular flexibility index (Phi) is 5.89. The first-order chi connectivity index (χ1) is 9.09. The Morgan fingerprint density at radius 3 is 1.55 bits per heavy atom. The van der Waals surface area contributed by atoms with E-state index in [1.165, 1.54) is 25.7 Å². The van der Waals surface area contributed by atoms with Gasteiger partial charge in [0.2, 0.25) is 6.34 Å². The topological polar surface area (TPSA) is 6.25 Å². The molecule has 2 heterocycles. The van der Waals surface area contributed by atoms with E-state index in [1.807, 2.05) is 0 Å². The molecule has 118 valence electrons. The van der Waals surface area contributed by atoms with Crippen LogP contribution in [0.3, 0.4) is 0 Å². The maximum Gasteiger partial charge on any atom is 0.673 e. The highest BCUT2D eigenvalue weighted by molar-refractivity contribution is 6.50. The molecule has 2 saturated heterocycles. The maximum atomic E-state index is 9.75. The molecule has 0 bridgehead atoms. The lowest BCUT2D eigenvalue weighted by atomic mass is 10.2. The van der Waals surface area contributed by atoms with Crippen molar-refractivity contribution in [1.29, 1.82) is 0 Å². The van der Waals surface area contributed by atoms with Crippen LogP contribution in [-0.4, -0.2) is 47.2 Å². The van der Waals surface area contributed by atoms with Gasteiger partial charge in [-0.1, -0.05) is 0 Å². The van der Waals surface area contributed by atoms with Crippen LogP contribution in [0.15, 0.2) is 0 Å². The van der Waals surface area contributed by atoms with Gasteiger partial charge in [-0.05, 0) is 53.4 Å². The Balaban J connectivity index is 0.000000347. The average molecular weight is 296 g/mol. The van der Waals surface area contributed by atoms with Gasteiger partial charge in [0.1, 0.15) is 0 Å². The Hall–Kier alpha value is -0.745. The molecule has 0 saturated carbocycles. The Morgan fingerprint density at radius 2 is 1.20 bits per heavy atom. The average Bonchev–Trinajstić information content (AvgIpc) is 2.76. The zero-order valence-corrected chi connectivity index (χ0v) is 12.7. The highest BCUT2D eigenvalue weighted by Gasteiger charge is 2.34. The fourth-order valence-electron chi connectivity index (χ4n) is 3.04. The number of hydrogen-bond acceptors (Lipinski definition) is 0. The molecule has 0 amide bonds. The molecule has 0 spiro atoms. The second kappa shape index (κ2) is 6.81. The van der Waals surface area contributed by atoms with Crippen molar-refractivity contribution in [2.75, 3.05) is 0 Å². The number of hydrogen-bond donors (Lipinski definition) is 0. The van der Waals surface area contributed by atoms with Gasteiger partial charge in [-0.15, -0.1) is 0 Å². The van der Waals surface area contributed by atoms with Crippen LogP contribution >= 0.6 is 0 Å². The molecule has 2 aliphatic rings. The fraction of sp³-hybridized carbons (Fsp3) is 0.923. The number of nitrogens with zero attached hydrogens (tertiary/aromatic N) is 2. The van der Waals surface area contributed by atoms with Crippen LogP contribution in [0.25, 0.3) is 0 Å². The highest BCUT2D eigenvalue weighted by atomic mass is 19.5. The summed E-state index contributed by atoms with van der Waals surface area (Å²) in [6, 6.07) is 2.94. The second-order valence-electron chi connectivity index (χ2n) is 6.06. The van der Waals surface area contributed by atoms with Crippen LogP contribution in [0.2, 0.25) is 0 Å². The van der Waals surface area contributed by atoms with Crippen LogP contribution in [0.5, 0.6) is 0 Å². The van der Waals surface area contributed by atoms with E-state index >= 15 is 0 Å². The zero-order valence-electron chi connectivity index (χ0n) is 12.7. The predicted octanol–water partition coefficient (Wildman–Crippen LogP) is 3.77. The van der Waals surface area contributed by atoms with Gasteiger partial charge in [-0.25, -0.2) is 0 Å². The number of likely N-dealkylation sites (tertiary alicyclic amines) is 1. The molecule has 4 atom stereocenters. The monoisotopic (exact) mass is 296 g/mol. The first-order valence-electron chi connectivity index (χ1n) is 7.36. The third-order valence-corrected chi connectivity index (χ3v) is 4.31. The summed E-state index contributed by atoms with van der Waals surface area (Å²) >= 11 is 0. The van der Waals surface area contributed by atoms with Gasteiger partial charge >= 0.3 is 7.25 Å². The Labute approximate surface area is 118 Å². The third kappa shape index (κ3) is 5.33. The van der Waals surface area contributed by atoms with Crippen molar-refractivity contribution in [3.63, 3.8) is 0 Å². The van der Waals surface area contributed by atoms with E-state index in [4.69, 9.17) is 0 Å². The smallest absolute Gasteiger partial charge is 0.418 e. The minimum atomic E-state index is -6.00. The molecule has 0 aliphatic carbocycles. The molecular weight excluding hydrogens is 271 g/mol. The minimum absolute atomic E-state index is 0.736. The molecule has 0 aromatic heterocycles. The minimum Gasteiger partial charge on any atom is -0.418 e. The summed E-state index contributed by atoms with van der Waals surface area (Å²) in [5.41, 5.74) is 0. The van der Waals surface area contributed by atoms with E-state index in [0.717, 1.165) is 24.2 Å². The molecule has 2 aliphatic heterocycles. The lowest BCUT2D eigenvalue weighted by Gasteiger charge is -2.20. The lowest BCUT2D eigenvalue weighted by Crippen LogP contribution is -2.38. The quantitative estimate of drug-likeness (QED) is 0.309. The summed E-state index contributed by atoms with van der Waals surface area (Å²) in [6.07, 6.45) is 7.84. The van der Waals surface area contributed by atoms with Gasteiger partial charge in [0.15, 0.2) is 0 Å². The van der Waals surface area contributed by atoms with Crippen LogP contribution < -0.4 is 0 Å². The molecule has 0 aromatic rings. The summed E-state index contributed by atoms with van der Waals surface area (Å²) in [5.74, 6) is 0. The summed E-state index contributed by atoms with van der Waals surface area (Å²) < 4.78 is 41.6. The first-order valence-corrected chi connectivity index (χ1v) is 7.36. The number of halogens is 4. The van der Waals surface area contributed by atoms with E-state index in [9.17, 15) is 17.3 Å². The molecule has 2 nitrogen and oxygen atoms in total. The van der Waals surface area contributed by atoms with Crippen LogP contribution in [0.1, 0.15) is 53.4 Å². The third-order valence-electron chi connectivity index (χ3n) is 4.31. The van der Waals surface area contributed by atoms with Gasteiger partial charge in [0.05, 0.1) is 24.2 Å². The molecule has 0 aromatic carbocycles. The van der Waals surface area contributed by atoms with Crippen LogP contribution in [0.4, 0.5) is 17.3 Å². The van der Waals surface area contributed by atoms with Crippen molar-refractivity contribution in [2.24, 2.45) is 0 Å². The Morgan fingerprint density at radius 1 is 0.850 bits per heavy atom. The van der Waals surface area contributed by atoms with Gasteiger partial charge in [0.25, 0.3) is 0 Å². The highest BCUT2D eigenvalue weighted by Crippen LogP contribution is 2.24. The SMILES string of the molecule is C[C@@H]1CC[C@@H](C)N1C=[N+]1[C@H](C)CC[C@H]1C.F[B-](F)(F)F. The first kappa shape index (κ1) is 17.3. The lowest BCUT2D eigenvalue weighted by molar-refractivity contribution is -0.571. The summed E-state index contributed by atoms with van der Waals surface area (Å²) in [6.45, 7) is 9.41. The zero-order chi connectivity index (χ0) is 15.5.